The molecule has 0 fully saturated rings. The number of hydrogen-bond donors (Lipinski definition) is 2. The highest BCUT2D eigenvalue weighted by Gasteiger charge is 2.33. The van der Waals surface area contributed by atoms with Crippen LogP contribution >= 0.6 is 34.9 Å². The molecule has 2 aromatic heterocycles. The van der Waals surface area contributed by atoms with Gasteiger partial charge in [0.05, 0.1) is 5.69 Å². The van der Waals surface area contributed by atoms with Crippen LogP contribution in [0.25, 0.3) is 0 Å². The monoisotopic (exact) mass is 442 g/mol. The first-order chi connectivity index (χ1) is 14.0. The second-order valence-electron chi connectivity index (χ2n) is 7.71. The minimum atomic E-state index is 0.232. The predicted molar refractivity (Wildman–Crippen MR) is 128 cm³/mol. The fourth-order valence-corrected chi connectivity index (χ4v) is 5.74. The molecular formula is C22H26N4S3. The van der Waals surface area contributed by atoms with Crippen molar-refractivity contribution < 1.29 is 0 Å². The van der Waals surface area contributed by atoms with Gasteiger partial charge < -0.3 is 10.6 Å². The molecule has 29 heavy (non-hydrogen) atoms. The Kier molecular flexibility index (Phi) is 6.37. The van der Waals surface area contributed by atoms with Gasteiger partial charge in [-0.2, -0.15) is 11.8 Å². The van der Waals surface area contributed by atoms with Crippen LogP contribution in [0.15, 0.2) is 52.3 Å². The number of pyridine rings is 1. The average molecular weight is 443 g/mol. The maximum absolute atomic E-state index is 4.84. The smallest absolute Gasteiger partial charge is 0.188 e. The lowest BCUT2D eigenvalue weighted by Crippen LogP contribution is -2.09. The Labute approximate surface area is 185 Å². The summed E-state index contributed by atoms with van der Waals surface area (Å²) in [5, 5.41) is 7.85. The van der Waals surface area contributed by atoms with Crippen molar-refractivity contribution in [1.82, 2.24) is 9.97 Å². The quantitative estimate of drug-likeness (QED) is 0.392. The molecule has 1 aliphatic rings. The van der Waals surface area contributed by atoms with E-state index in [4.69, 9.17) is 9.97 Å². The van der Waals surface area contributed by atoms with E-state index < -0.39 is 0 Å². The van der Waals surface area contributed by atoms with Gasteiger partial charge in [-0.1, -0.05) is 43.8 Å². The zero-order valence-electron chi connectivity index (χ0n) is 17.0. The van der Waals surface area contributed by atoms with Crippen molar-refractivity contribution >= 4 is 51.6 Å². The van der Waals surface area contributed by atoms with E-state index in [9.17, 15) is 0 Å². The highest BCUT2D eigenvalue weighted by molar-refractivity contribution is 7.99. The van der Waals surface area contributed by atoms with Crippen molar-refractivity contribution in [3.63, 3.8) is 0 Å². The standard InChI is InChI=1S/C22H26N4S3/c1-22(2)10-9-17-20(22)29-21(24-17)26-19-14-16(28-15-7-5-4-6-8-15)13-18(25-19)23-11-12-27-3/h4-8,13-14H,9-12H2,1-3H3,(H2,23,24,25,26). The van der Waals surface area contributed by atoms with E-state index >= 15 is 0 Å². The fraction of sp³-hybridized carbons (Fsp3) is 0.364. The Morgan fingerprint density at radius 3 is 2.62 bits per heavy atom. The molecule has 0 saturated heterocycles. The van der Waals surface area contributed by atoms with E-state index in [1.165, 1.54) is 21.9 Å². The van der Waals surface area contributed by atoms with Gasteiger partial charge in [0.25, 0.3) is 0 Å². The Balaban J connectivity index is 1.58. The minimum absolute atomic E-state index is 0.232. The highest BCUT2D eigenvalue weighted by atomic mass is 32.2. The van der Waals surface area contributed by atoms with Crippen LogP contribution in [-0.4, -0.2) is 28.5 Å². The lowest BCUT2D eigenvalue weighted by molar-refractivity contribution is 0.530. The van der Waals surface area contributed by atoms with Crippen LogP contribution in [0.4, 0.5) is 16.8 Å². The summed E-state index contributed by atoms with van der Waals surface area (Å²) in [5.41, 5.74) is 1.48. The first-order valence-corrected chi connectivity index (χ1v) is 12.8. The van der Waals surface area contributed by atoms with Gasteiger partial charge in [-0.15, -0.1) is 11.3 Å². The maximum Gasteiger partial charge on any atom is 0.188 e. The van der Waals surface area contributed by atoms with E-state index in [2.05, 4.69) is 67.1 Å². The lowest BCUT2D eigenvalue weighted by atomic mass is 9.93. The Morgan fingerprint density at radius 2 is 1.86 bits per heavy atom. The molecule has 7 heteroatoms. The Bertz CT molecular complexity index is 969. The van der Waals surface area contributed by atoms with Crippen LogP contribution in [0.1, 0.15) is 30.8 Å². The summed E-state index contributed by atoms with van der Waals surface area (Å²) in [7, 11) is 0. The molecule has 0 bridgehead atoms. The summed E-state index contributed by atoms with van der Waals surface area (Å²) in [6, 6.07) is 14.7. The van der Waals surface area contributed by atoms with Crippen LogP contribution in [0.5, 0.6) is 0 Å². The summed E-state index contributed by atoms with van der Waals surface area (Å²) in [5.74, 6) is 2.78. The van der Waals surface area contributed by atoms with Crippen molar-refractivity contribution in [2.75, 3.05) is 29.2 Å². The van der Waals surface area contributed by atoms with E-state index in [0.717, 1.165) is 40.4 Å². The van der Waals surface area contributed by atoms with Crippen molar-refractivity contribution in [2.24, 2.45) is 0 Å². The number of rotatable bonds is 8. The van der Waals surface area contributed by atoms with Crippen molar-refractivity contribution in [3.8, 4) is 0 Å². The van der Waals surface area contributed by atoms with Gasteiger partial charge in [-0.05, 0) is 43.4 Å². The molecule has 0 saturated carbocycles. The average Bonchev–Trinajstić information content (AvgIpc) is 3.22. The number of thiazole rings is 1. The number of nitrogens with zero attached hydrogens (tertiary/aromatic N) is 2. The summed E-state index contributed by atoms with van der Waals surface area (Å²) >= 11 is 5.34. The molecule has 4 nitrogen and oxygen atoms in total. The summed E-state index contributed by atoms with van der Waals surface area (Å²) in [4.78, 5) is 13.4. The van der Waals surface area contributed by atoms with Gasteiger partial charge in [-0.25, -0.2) is 9.97 Å². The summed E-state index contributed by atoms with van der Waals surface area (Å²) in [6.07, 6.45) is 4.37. The third kappa shape index (κ3) is 5.08. The maximum atomic E-state index is 4.84. The first-order valence-electron chi connectivity index (χ1n) is 9.78. The van der Waals surface area contributed by atoms with E-state index in [0.29, 0.717) is 0 Å². The fourth-order valence-electron chi connectivity index (χ4n) is 3.38. The third-order valence-corrected chi connectivity index (χ3v) is 7.89. The lowest BCUT2D eigenvalue weighted by Gasteiger charge is -2.15. The van der Waals surface area contributed by atoms with Crippen LogP contribution in [-0.2, 0) is 11.8 Å². The second-order valence-corrected chi connectivity index (χ2v) is 10.8. The van der Waals surface area contributed by atoms with Crippen LogP contribution in [0.2, 0.25) is 0 Å². The number of aromatic nitrogens is 2. The first kappa shape index (κ1) is 20.6. The van der Waals surface area contributed by atoms with Crippen LogP contribution in [0.3, 0.4) is 0 Å². The molecule has 0 amide bonds. The minimum Gasteiger partial charge on any atom is -0.369 e. The summed E-state index contributed by atoms with van der Waals surface area (Å²) in [6.45, 7) is 5.51. The van der Waals surface area contributed by atoms with E-state index in [1.54, 1.807) is 23.1 Å². The van der Waals surface area contributed by atoms with Gasteiger partial charge in [0.15, 0.2) is 5.13 Å². The third-order valence-electron chi connectivity index (χ3n) is 4.92. The molecule has 1 aromatic carbocycles. The topological polar surface area (TPSA) is 49.8 Å². The Hall–Kier alpha value is -1.70. The number of benzene rings is 1. The summed E-state index contributed by atoms with van der Waals surface area (Å²) < 4.78 is 0. The molecule has 2 heterocycles. The number of thioether (sulfide) groups is 1. The molecule has 152 valence electrons. The van der Waals surface area contributed by atoms with Gasteiger partial charge >= 0.3 is 0 Å². The number of nitrogens with one attached hydrogen (secondary N) is 2. The van der Waals surface area contributed by atoms with Gasteiger partial charge in [0, 0.05) is 32.4 Å². The molecule has 0 radical (unpaired) electrons. The van der Waals surface area contributed by atoms with E-state index in [1.807, 2.05) is 17.8 Å². The normalized spacial score (nSPS) is 14.6. The van der Waals surface area contributed by atoms with Crippen LogP contribution < -0.4 is 10.6 Å². The molecule has 4 rings (SSSR count). The number of hydrogen-bond acceptors (Lipinski definition) is 7. The molecule has 0 spiro atoms. The van der Waals surface area contributed by atoms with Gasteiger partial charge in [0.2, 0.25) is 0 Å². The number of aryl methyl sites for hydroxylation is 1. The molecule has 1 aliphatic carbocycles. The predicted octanol–water partition coefficient (Wildman–Crippen LogP) is 6.43. The molecule has 3 aromatic rings. The highest BCUT2D eigenvalue weighted by Crippen LogP contribution is 2.43. The molecule has 0 aliphatic heterocycles. The molecule has 0 atom stereocenters. The molecule has 2 N–H and O–H groups in total. The SMILES string of the molecule is CSCCNc1cc(Sc2ccccc2)cc(Nc2nc3c(s2)C(C)(C)CC3)n1. The zero-order valence-corrected chi connectivity index (χ0v) is 19.4. The van der Waals surface area contributed by atoms with Crippen LogP contribution in [0, 0.1) is 0 Å². The number of anilines is 3. The van der Waals surface area contributed by atoms with E-state index in [-0.39, 0.29) is 5.41 Å². The molecule has 0 unspecified atom stereocenters. The van der Waals surface area contributed by atoms with Crippen molar-refractivity contribution in [2.45, 2.75) is 41.9 Å². The second kappa shape index (κ2) is 8.98. The van der Waals surface area contributed by atoms with Gasteiger partial charge in [0.1, 0.15) is 11.6 Å². The molecular weight excluding hydrogens is 416 g/mol. The zero-order chi connectivity index (χ0) is 20.3. The largest absolute Gasteiger partial charge is 0.369 e. The van der Waals surface area contributed by atoms with Crippen molar-refractivity contribution in [3.05, 3.63) is 53.0 Å². The number of fused-ring (bicyclic) bond motifs is 1. The van der Waals surface area contributed by atoms with Gasteiger partial charge in [-0.3, -0.25) is 0 Å². The Morgan fingerprint density at radius 1 is 1.07 bits per heavy atom. The van der Waals surface area contributed by atoms with Crippen molar-refractivity contribution in [1.29, 1.82) is 0 Å².